The molecule has 0 atom stereocenters. The molecule has 0 saturated carbocycles. The number of ether oxygens (including phenoxy) is 1. The van der Waals surface area contributed by atoms with Gasteiger partial charge in [0.2, 0.25) is 0 Å². The summed E-state index contributed by atoms with van der Waals surface area (Å²) < 4.78 is 5.17. The molecule has 0 saturated heterocycles. The SMILES string of the molecule is COc1cccc(-c2ccc(Cl)cc2)c1. The topological polar surface area (TPSA) is 9.23 Å². The van der Waals surface area contributed by atoms with Crippen molar-refractivity contribution in [1.29, 1.82) is 0 Å². The van der Waals surface area contributed by atoms with Gasteiger partial charge in [-0.3, -0.25) is 0 Å². The molecular weight excluding hydrogens is 208 g/mol. The fourth-order valence-corrected chi connectivity index (χ4v) is 1.57. The van der Waals surface area contributed by atoms with Crippen molar-refractivity contribution in [1.82, 2.24) is 0 Å². The zero-order valence-corrected chi connectivity index (χ0v) is 9.16. The Kier molecular flexibility index (Phi) is 2.93. The molecular formula is C13H11ClO. The van der Waals surface area contributed by atoms with Crippen LogP contribution >= 0.6 is 11.6 Å². The van der Waals surface area contributed by atoms with Crippen LogP contribution in [0.1, 0.15) is 0 Å². The number of rotatable bonds is 2. The van der Waals surface area contributed by atoms with Crippen molar-refractivity contribution in [3.05, 3.63) is 53.6 Å². The van der Waals surface area contributed by atoms with Crippen molar-refractivity contribution >= 4 is 11.6 Å². The molecule has 0 unspecified atom stereocenters. The molecule has 76 valence electrons. The summed E-state index contributed by atoms with van der Waals surface area (Å²) in [5.41, 5.74) is 2.27. The maximum Gasteiger partial charge on any atom is 0.119 e. The highest BCUT2D eigenvalue weighted by atomic mass is 35.5. The van der Waals surface area contributed by atoms with Gasteiger partial charge in [0.15, 0.2) is 0 Å². The lowest BCUT2D eigenvalue weighted by Crippen LogP contribution is -1.83. The van der Waals surface area contributed by atoms with Crippen molar-refractivity contribution in [2.45, 2.75) is 0 Å². The third-order valence-electron chi connectivity index (χ3n) is 2.25. The maximum atomic E-state index is 5.83. The Bertz CT molecular complexity index is 448. The fourth-order valence-electron chi connectivity index (χ4n) is 1.44. The second kappa shape index (κ2) is 4.37. The second-order valence-electron chi connectivity index (χ2n) is 3.24. The number of benzene rings is 2. The smallest absolute Gasteiger partial charge is 0.119 e. The zero-order valence-electron chi connectivity index (χ0n) is 8.41. The van der Waals surface area contributed by atoms with Gasteiger partial charge in [0, 0.05) is 5.02 Å². The summed E-state index contributed by atoms with van der Waals surface area (Å²) in [6.45, 7) is 0. The van der Waals surface area contributed by atoms with Crippen LogP contribution in [-0.2, 0) is 0 Å². The summed E-state index contributed by atoms with van der Waals surface area (Å²) in [6, 6.07) is 15.7. The van der Waals surface area contributed by atoms with Crippen LogP contribution in [0, 0.1) is 0 Å². The van der Waals surface area contributed by atoms with E-state index in [4.69, 9.17) is 16.3 Å². The number of methoxy groups -OCH3 is 1. The molecule has 0 aliphatic carbocycles. The van der Waals surface area contributed by atoms with Crippen LogP contribution in [0.3, 0.4) is 0 Å². The third-order valence-corrected chi connectivity index (χ3v) is 2.50. The van der Waals surface area contributed by atoms with Gasteiger partial charge in [-0.15, -0.1) is 0 Å². The van der Waals surface area contributed by atoms with Crippen LogP contribution in [0.5, 0.6) is 5.75 Å². The Morgan fingerprint density at radius 1 is 0.933 bits per heavy atom. The summed E-state index contributed by atoms with van der Waals surface area (Å²) in [6.07, 6.45) is 0. The van der Waals surface area contributed by atoms with Gasteiger partial charge in [-0.05, 0) is 35.4 Å². The predicted molar refractivity (Wildman–Crippen MR) is 63.4 cm³/mol. The number of hydrogen-bond donors (Lipinski definition) is 0. The van der Waals surface area contributed by atoms with Crippen molar-refractivity contribution < 1.29 is 4.74 Å². The quantitative estimate of drug-likeness (QED) is 0.740. The number of halogens is 1. The van der Waals surface area contributed by atoms with Crippen molar-refractivity contribution in [3.63, 3.8) is 0 Å². The lowest BCUT2D eigenvalue weighted by atomic mass is 10.1. The molecule has 0 amide bonds. The molecule has 0 heterocycles. The van der Waals surface area contributed by atoms with Crippen molar-refractivity contribution in [3.8, 4) is 16.9 Å². The van der Waals surface area contributed by atoms with E-state index in [2.05, 4.69) is 0 Å². The van der Waals surface area contributed by atoms with Gasteiger partial charge in [-0.1, -0.05) is 35.9 Å². The molecule has 0 fully saturated rings. The minimum atomic E-state index is 0.752. The highest BCUT2D eigenvalue weighted by Crippen LogP contribution is 2.24. The fraction of sp³-hybridized carbons (Fsp3) is 0.0769. The molecule has 2 heteroatoms. The molecule has 0 aliphatic rings. The summed E-state index contributed by atoms with van der Waals surface area (Å²) in [5, 5.41) is 0.752. The summed E-state index contributed by atoms with van der Waals surface area (Å²) in [7, 11) is 1.67. The van der Waals surface area contributed by atoms with E-state index < -0.39 is 0 Å². The van der Waals surface area contributed by atoms with Crippen LogP contribution in [0.25, 0.3) is 11.1 Å². The third kappa shape index (κ3) is 2.31. The Morgan fingerprint density at radius 2 is 1.67 bits per heavy atom. The minimum absolute atomic E-state index is 0.752. The summed E-state index contributed by atoms with van der Waals surface area (Å²) >= 11 is 5.83. The Morgan fingerprint density at radius 3 is 2.33 bits per heavy atom. The van der Waals surface area contributed by atoms with Crippen LogP contribution in [0.15, 0.2) is 48.5 Å². The van der Waals surface area contributed by atoms with Gasteiger partial charge in [0.1, 0.15) is 5.75 Å². The Balaban J connectivity index is 2.40. The molecule has 0 aliphatic heterocycles. The monoisotopic (exact) mass is 218 g/mol. The molecule has 0 spiro atoms. The molecule has 15 heavy (non-hydrogen) atoms. The van der Waals surface area contributed by atoms with Crippen LogP contribution < -0.4 is 4.74 Å². The highest BCUT2D eigenvalue weighted by molar-refractivity contribution is 6.30. The van der Waals surface area contributed by atoms with E-state index in [1.165, 1.54) is 0 Å². The first-order valence-corrected chi connectivity index (χ1v) is 5.07. The standard InChI is InChI=1S/C13H11ClO/c1-15-13-4-2-3-11(9-13)10-5-7-12(14)8-6-10/h2-9H,1H3. The van der Waals surface area contributed by atoms with Crippen LogP contribution in [-0.4, -0.2) is 7.11 Å². The van der Waals surface area contributed by atoms with E-state index in [9.17, 15) is 0 Å². The lowest BCUT2D eigenvalue weighted by molar-refractivity contribution is 0.415. The van der Waals surface area contributed by atoms with Gasteiger partial charge in [-0.2, -0.15) is 0 Å². The average molecular weight is 219 g/mol. The van der Waals surface area contributed by atoms with E-state index in [0.717, 1.165) is 21.9 Å². The van der Waals surface area contributed by atoms with E-state index in [-0.39, 0.29) is 0 Å². The van der Waals surface area contributed by atoms with Gasteiger partial charge >= 0.3 is 0 Å². The number of hydrogen-bond acceptors (Lipinski definition) is 1. The molecule has 0 bridgehead atoms. The highest BCUT2D eigenvalue weighted by Gasteiger charge is 1.98. The molecule has 0 N–H and O–H groups in total. The molecule has 1 nitrogen and oxygen atoms in total. The molecule has 2 rings (SSSR count). The predicted octanol–water partition coefficient (Wildman–Crippen LogP) is 4.02. The van der Waals surface area contributed by atoms with E-state index in [1.54, 1.807) is 7.11 Å². The van der Waals surface area contributed by atoms with Crippen LogP contribution in [0.2, 0.25) is 5.02 Å². The minimum Gasteiger partial charge on any atom is -0.497 e. The first-order valence-electron chi connectivity index (χ1n) is 4.69. The van der Waals surface area contributed by atoms with Gasteiger partial charge in [0.05, 0.1) is 7.11 Å². The average Bonchev–Trinajstić information content (AvgIpc) is 2.30. The second-order valence-corrected chi connectivity index (χ2v) is 3.68. The maximum absolute atomic E-state index is 5.83. The van der Waals surface area contributed by atoms with Crippen LogP contribution in [0.4, 0.5) is 0 Å². The lowest BCUT2D eigenvalue weighted by Gasteiger charge is -2.04. The molecule has 0 radical (unpaired) electrons. The van der Waals surface area contributed by atoms with E-state index in [1.807, 2.05) is 48.5 Å². The summed E-state index contributed by atoms with van der Waals surface area (Å²) in [5.74, 6) is 0.863. The first-order chi connectivity index (χ1) is 7.29. The van der Waals surface area contributed by atoms with E-state index >= 15 is 0 Å². The normalized spacial score (nSPS) is 10.0. The zero-order chi connectivity index (χ0) is 10.7. The van der Waals surface area contributed by atoms with Gasteiger partial charge < -0.3 is 4.74 Å². The van der Waals surface area contributed by atoms with Crippen molar-refractivity contribution in [2.24, 2.45) is 0 Å². The molecule has 0 aromatic heterocycles. The summed E-state index contributed by atoms with van der Waals surface area (Å²) in [4.78, 5) is 0. The Hall–Kier alpha value is -1.47. The van der Waals surface area contributed by atoms with Gasteiger partial charge in [-0.25, -0.2) is 0 Å². The largest absolute Gasteiger partial charge is 0.497 e. The van der Waals surface area contributed by atoms with Crippen molar-refractivity contribution in [2.75, 3.05) is 7.11 Å². The molecule has 2 aromatic carbocycles. The first kappa shape index (κ1) is 10.1. The van der Waals surface area contributed by atoms with E-state index in [0.29, 0.717) is 0 Å². The molecule has 2 aromatic rings. The van der Waals surface area contributed by atoms with Gasteiger partial charge in [0.25, 0.3) is 0 Å². The Labute approximate surface area is 94.3 Å².